The zero-order valence-corrected chi connectivity index (χ0v) is 9.96. The van der Waals surface area contributed by atoms with Crippen molar-refractivity contribution in [2.45, 2.75) is 65.2 Å². The number of hydrogen-bond acceptors (Lipinski definition) is 0. The van der Waals surface area contributed by atoms with Crippen LogP contribution in [0.2, 0.25) is 0 Å². The lowest BCUT2D eigenvalue weighted by atomic mass is 9.83. The number of alkyl halides is 1. The van der Waals surface area contributed by atoms with Crippen LogP contribution in [0.1, 0.15) is 60.3 Å². The van der Waals surface area contributed by atoms with E-state index in [0.29, 0.717) is 5.41 Å². The second kappa shape index (κ2) is 4.50. The van der Waals surface area contributed by atoms with Crippen LogP contribution in [-0.2, 0) is 0 Å². The van der Waals surface area contributed by atoms with Crippen LogP contribution >= 0.6 is 11.6 Å². The summed E-state index contributed by atoms with van der Waals surface area (Å²) in [6.45, 7) is 11.1. The van der Waals surface area contributed by atoms with Crippen LogP contribution in [0, 0.1) is 5.41 Å². The minimum absolute atomic E-state index is 0.00819. The predicted octanol–water partition coefficient (Wildman–Crippen LogP) is 4.61. The molecule has 0 saturated carbocycles. The first-order valence-electron chi connectivity index (χ1n) is 4.96. The molecule has 0 aliphatic carbocycles. The highest BCUT2D eigenvalue weighted by Crippen LogP contribution is 2.35. The van der Waals surface area contributed by atoms with Crippen molar-refractivity contribution in [1.29, 1.82) is 0 Å². The third-order valence-electron chi connectivity index (χ3n) is 1.95. The molecule has 1 atom stereocenters. The van der Waals surface area contributed by atoms with E-state index in [1.54, 1.807) is 0 Å². The quantitative estimate of drug-likeness (QED) is 0.568. The molecule has 0 N–H and O–H groups in total. The molecule has 0 aliphatic rings. The van der Waals surface area contributed by atoms with Crippen LogP contribution in [0.15, 0.2) is 0 Å². The topological polar surface area (TPSA) is 0 Å². The van der Waals surface area contributed by atoms with Gasteiger partial charge in [0.1, 0.15) is 0 Å². The molecular formula is C11H23Cl. The maximum absolute atomic E-state index is 6.40. The lowest BCUT2D eigenvalue weighted by Crippen LogP contribution is -2.24. The standard InChI is InChI=1S/C11H23Cl/c1-6-7-8-11(5,12)9-10(2,3)4/h6-9H2,1-5H3. The van der Waals surface area contributed by atoms with Crippen molar-refractivity contribution >= 4 is 11.6 Å². The maximum Gasteiger partial charge on any atom is 0.0423 e. The Labute approximate surface area is 82.7 Å². The van der Waals surface area contributed by atoms with Crippen LogP contribution in [0.5, 0.6) is 0 Å². The summed E-state index contributed by atoms with van der Waals surface area (Å²) in [4.78, 5) is 0.00819. The molecule has 0 heterocycles. The zero-order valence-electron chi connectivity index (χ0n) is 9.21. The van der Waals surface area contributed by atoms with Crippen molar-refractivity contribution in [2.24, 2.45) is 5.41 Å². The zero-order chi connectivity index (χ0) is 9.83. The summed E-state index contributed by atoms with van der Waals surface area (Å²) in [6.07, 6.45) is 4.73. The fourth-order valence-corrected chi connectivity index (χ4v) is 2.27. The summed E-state index contributed by atoms with van der Waals surface area (Å²) >= 11 is 6.40. The first-order chi connectivity index (χ1) is 5.27. The average Bonchev–Trinajstić information content (AvgIpc) is 1.78. The number of hydrogen-bond donors (Lipinski definition) is 0. The Morgan fingerprint density at radius 3 is 1.92 bits per heavy atom. The van der Waals surface area contributed by atoms with E-state index < -0.39 is 0 Å². The lowest BCUT2D eigenvalue weighted by Gasteiger charge is -2.30. The first kappa shape index (κ1) is 12.3. The Kier molecular flexibility index (Phi) is 4.61. The van der Waals surface area contributed by atoms with Gasteiger partial charge in [0, 0.05) is 4.87 Å². The van der Waals surface area contributed by atoms with Crippen LogP contribution in [-0.4, -0.2) is 4.87 Å². The summed E-state index contributed by atoms with van der Waals surface area (Å²) in [5.41, 5.74) is 0.351. The van der Waals surface area contributed by atoms with Gasteiger partial charge in [0.2, 0.25) is 0 Å². The molecule has 0 aromatic carbocycles. The largest absolute Gasteiger partial charge is 0.120 e. The van der Waals surface area contributed by atoms with Gasteiger partial charge in [-0.15, -0.1) is 11.6 Å². The molecule has 0 bridgehead atoms. The molecule has 0 aliphatic heterocycles. The van der Waals surface area contributed by atoms with Crippen molar-refractivity contribution < 1.29 is 0 Å². The average molecular weight is 191 g/mol. The van der Waals surface area contributed by atoms with Crippen molar-refractivity contribution in [3.8, 4) is 0 Å². The van der Waals surface area contributed by atoms with E-state index in [1.165, 1.54) is 12.8 Å². The summed E-state index contributed by atoms with van der Waals surface area (Å²) in [6, 6.07) is 0. The van der Waals surface area contributed by atoms with Gasteiger partial charge in [0.15, 0.2) is 0 Å². The molecule has 0 rings (SSSR count). The van der Waals surface area contributed by atoms with Crippen LogP contribution in [0.3, 0.4) is 0 Å². The molecule has 0 aromatic rings. The molecule has 1 unspecified atom stereocenters. The highest BCUT2D eigenvalue weighted by atomic mass is 35.5. The molecule has 12 heavy (non-hydrogen) atoms. The molecule has 0 amide bonds. The summed E-state index contributed by atoms with van der Waals surface area (Å²) in [5, 5.41) is 0. The normalized spacial score (nSPS) is 17.5. The van der Waals surface area contributed by atoms with Gasteiger partial charge in [-0.25, -0.2) is 0 Å². The van der Waals surface area contributed by atoms with Gasteiger partial charge in [-0.3, -0.25) is 0 Å². The van der Waals surface area contributed by atoms with E-state index in [2.05, 4.69) is 34.6 Å². The number of unbranched alkanes of at least 4 members (excludes halogenated alkanes) is 1. The third kappa shape index (κ3) is 6.97. The van der Waals surface area contributed by atoms with Gasteiger partial charge in [-0.2, -0.15) is 0 Å². The highest BCUT2D eigenvalue weighted by molar-refractivity contribution is 6.23. The van der Waals surface area contributed by atoms with E-state index in [0.717, 1.165) is 12.8 Å². The molecule has 0 saturated heterocycles. The molecule has 0 nitrogen and oxygen atoms in total. The Morgan fingerprint density at radius 2 is 1.58 bits per heavy atom. The van der Waals surface area contributed by atoms with Crippen LogP contribution < -0.4 is 0 Å². The minimum Gasteiger partial charge on any atom is -0.120 e. The number of rotatable bonds is 4. The van der Waals surface area contributed by atoms with Crippen LogP contribution in [0.25, 0.3) is 0 Å². The van der Waals surface area contributed by atoms with Gasteiger partial charge in [0.05, 0.1) is 0 Å². The smallest absolute Gasteiger partial charge is 0.0423 e. The van der Waals surface area contributed by atoms with Gasteiger partial charge in [-0.05, 0) is 25.2 Å². The van der Waals surface area contributed by atoms with Crippen LogP contribution in [0.4, 0.5) is 0 Å². The van der Waals surface area contributed by atoms with Crippen molar-refractivity contribution in [3.05, 3.63) is 0 Å². The minimum atomic E-state index is 0.00819. The first-order valence-corrected chi connectivity index (χ1v) is 5.33. The molecule has 74 valence electrons. The third-order valence-corrected chi connectivity index (χ3v) is 2.27. The van der Waals surface area contributed by atoms with E-state index in [4.69, 9.17) is 11.6 Å². The molecular weight excluding hydrogens is 168 g/mol. The Bertz CT molecular complexity index is 119. The Hall–Kier alpha value is 0.290. The molecule has 0 spiro atoms. The molecule has 0 radical (unpaired) electrons. The van der Waals surface area contributed by atoms with Gasteiger partial charge >= 0.3 is 0 Å². The SMILES string of the molecule is CCCCC(C)(Cl)CC(C)(C)C. The lowest BCUT2D eigenvalue weighted by molar-refractivity contribution is 0.311. The summed E-state index contributed by atoms with van der Waals surface area (Å²) in [7, 11) is 0. The van der Waals surface area contributed by atoms with Crippen molar-refractivity contribution in [1.82, 2.24) is 0 Å². The predicted molar refractivity (Wildman–Crippen MR) is 57.9 cm³/mol. The fourth-order valence-electron chi connectivity index (χ4n) is 1.74. The maximum atomic E-state index is 6.40. The summed E-state index contributed by atoms with van der Waals surface area (Å²) in [5.74, 6) is 0. The molecule has 0 aromatic heterocycles. The van der Waals surface area contributed by atoms with E-state index in [9.17, 15) is 0 Å². The van der Waals surface area contributed by atoms with Crippen molar-refractivity contribution in [3.63, 3.8) is 0 Å². The van der Waals surface area contributed by atoms with Gasteiger partial charge in [-0.1, -0.05) is 40.5 Å². The Balaban J connectivity index is 3.86. The number of halogens is 1. The van der Waals surface area contributed by atoms with E-state index >= 15 is 0 Å². The molecule has 0 fully saturated rings. The second-order valence-corrected chi connectivity index (χ2v) is 6.17. The Morgan fingerprint density at radius 1 is 1.08 bits per heavy atom. The summed E-state index contributed by atoms with van der Waals surface area (Å²) < 4.78 is 0. The fraction of sp³-hybridized carbons (Fsp3) is 1.00. The van der Waals surface area contributed by atoms with E-state index in [-0.39, 0.29) is 4.87 Å². The monoisotopic (exact) mass is 190 g/mol. The van der Waals surface area contributed by atoms with Gasteiger partial charge < -0.3 is 0 Å². The highest BCUT2D eigenvalue weighted by Gasteiger charge is 2.26. The van der Waals surface area contributed by atoms with Gasteiger partial charge in [0.25, 0.3) is 0 Å². The van der Waals surface area contributed by atoms with Crippen molar-refractivity contribution in [2.75, 3.05) is 0 Å². The molecule has 1 heteroatoms. The van der Waals surface area contributed by atoms with E-state index in [1.807, 2.05) is 0 Å². The second-order valence-electron chi connectivity index (χ2n) is 5.25.